The van der Waals surface area contributed by atoms with Crippen LogP contribution in [0.15, 0.2) is 42.5 Å². The third-order valence-electron chi connectivity index (χ3n) is 4.61. The van der Waals surface area contributed by atoms with Gasteiger partial charge in [0.2, 0.25) is 5.91 Å². The Morgan fingerprint density at radius 1 is 1.07 bits per heavy atom. The number of nitrogens with two attached hydrogens (primary N) is 1. The van der Waals surface area contributed by atoms with Gasteiger partial charge in [-0.2, -0.15) is 0 Å². The molecule has 0 aromatic heterocycles. The minimum Gasteiger partial charge on any atom is -0.482 e. The fourth-order valence-corrected chi connectivity index (χ4v) is 3.11. The topological polar surface area (TPSA) is 98.9 Å². The van der Waals surface area contributed by atoms with E-state index in [-0.39, 0.29) is 31.6 Å². The summed E-state index contributed by atoms with van der Waals surface area (Å²) in [6, 6.07) is 13.3. The highest BCUT2D eigenvalue weighted by Crippen LogP contribution is 2.20. The van der Waals surface area contributed by atoms with E-state index < -0.39 is 11.9 Å². The molecule has 0 saturated carbocycles. The van der Waals surface area contributed by atoms with Crippen molar-refractivity contribution >= 4 is 28.6 Å². The lowest BCUT2D eigenvalue weighted by Gasteiger charge is -2.31. The number of hydrogen-bond acceptors (Lipinski definition) is 5. The molecular weight excluding hydrogens is 348 g/mol. The van der Waals surface area contributed by atoms with E-state index in [9.17, 15) is 14.4 Å². The van der Waals surface area contributed by atoms with E-state index in [1.165, 1.54) is 4.90 Å². The molecule has 2 amide bonds. The number of carbonyl (C=O) groups excluding carboxylic acids is 3. The molecule has 0 spiro atoms. The molecule has 2 aromatic rings. The average Bonchev–Trinajstić information content (AvgIpc) is 2.70. The summed E-state index contributed by atoms with van der Waals surface area (Å²) in [6.45, 7) is 0.161. The van der Waals surface area contributed by atoms with Crippen molar-refractivity contribution in [1.29, 1.82) is 0 Å². The van der Waals surface area contributed by atoms with Crippen molar-refractivity contribution in [2.24, 2.45) is 11.7 Å². The summed E-state index contributed by atoms with van der Waals surface area (Å²) >= 11 is 0. The van der Waals surface area contributed by atoms with Gasteiger partial charge in [0, 0.05) is 13.1 Å². The van der Waals surface area contributed by atoms with Crippen LogP contribution in [0.5, 0.6) is 5.75 Å². The Bertz CT molecular complexity index is 851. The lowest BCUT2D eigenvalue weighted by Crippen LogP contribution is -2.45. The van der Waals surface area contributed by atoms with Gasteiger partial charge >= 0.3 is 5.97 Å². The van der Waals surface area contributed by atoms with E-state index in [2.05, 4.69) is 0 Å². The Hall–Kier alpha value is -3.09. The van der Waals surface area contributed by atoms with Crippen LogP contribution in [0.2, 0.25) is 0 Å². The summed E-state index contributed by atoms with van der Waals surface area (Å²) in [4.78, 5) is 36.8. The number of ether oxygens (including phenoxy) is 2. The first kappa shape index (κ1) is 18.7. The molecule has 3 rings (SSSR count). The summed E-state index contributed by atoms with van der Waals surface area (Å²) in [5.41, 5.74) is 5.30. The smallest absolute Gasteiger partial charge is 0.344 e. The molecule has 142 valence electrons. The van der Waals surface area contributed by atoms with Crippen LogP contribution in [-0.2, 0) is 19.1 Å². The highest BCUT2D eigenvalue weighted by atomic mass is 16.6. The average molecular weight is 370 g/mol. The molecule has 0 radical (unpaired) electrons. The number of carbonyl (C=O) groups is 3. The number of nitrogens with zero attached hydrogens (tertiary/aromatic N) is 1. The van der Waals surface area contributed by atoms with E-state index in [1.54, 1.807) is 6.07 Å². The second-order valence-corrected chi connectivity index (χ2v) is 6.54. The zero-order valence-electron chi connectivity index (χ0n) is 14.9. The Balaban J connectivity index is 1.44. The summed E-state index contributed by atoms with van der Waals surface area (Å²) in [6.07, 6.45) is 1.39. The maximum Gasteiger partial charge on any atom is 0.344 e. The molecule has 27 heavy (non-hydrogen) atoms. The van der Waals surface area contributed by atoms with E-state index in [4.69, 9.17) is 15.2 Å². The van der Waals surface area contributed by atoms with Crippen LogP contribution in [0.1, 0.15) is 12.8 Å². The van der Waals surface area contributed by atoms with Crippen LogP contribution in [0.25, 0.3) is 10.8 Å². The number of amides is 2. The second kappa shape index (κ2) is 8.53. The van der Waals surface area contributed by atoms with E-state index >= 15 is 0 Å². The molecule has 7 nitrogen and oxygen atoms in total. The zero-order chi connectivity index (χ0) is 19.2. The number of esters is 1. The molecule has 1 fully saturated rings. The number of primary amides is 1. The Kier molecular flexibility index (Phi) is 5.90. The Morgan fingerprint density at radius 2 is 1.85 bits per heavy atom. The van der Waals surface area contributed by atoms with Gasteiger partial charge in [-0.05, 0) is 35.7 Å². The van der Waals surface area contributed by atoms with Crippen LogP contribution in [0.4, 0.5) is 0 Å². The standard InChI is InChI=1S/C20H22N2O5/c21-20(25)16-6-3-9-22(11-16)18(23)12-27-19(24)13-26-17-8-7-14-4-1-2-5-15(14)10-17/h1-2,4-5,7-8,10,16H,3,6,9,11-13H2,(H2,21,25)/t16-/m1/s1. The maximum absolute atomic E-state index is 12.1. The molecule has 0 aliphatic carbocycles. The van der Waals surface area contributed by atoms with Gasteiger partial charge in [-0.15, -0.1) is 0 Å². The first-order valence-corrected chi connectivity index (χ1v) is 8.87. The Labute approximate surface area is 157 Å². The molecule has 1 aliphatic rings. The molecule has 0 unspecified atom stereocenters. The highest BCUT2D eigenvalue weighted by Gasteiger charge is 2.27. The molecule has 2 aromatic carbocycles. The van der Waals surface area contributed by atoms with Crippen LogP contribution < -0.4 is 10.5 Å². The summed E-state index contributed by atoms with van der Waals surface area (Å²) < 4.78 is 10.4. The monoisotopic (exact) mass is 370 g/mol. The number of piperidine rings is 1. The van der Waals surface area contributed by atoms with Crippen molar-refractivity contribution < 1.29 is 23.9 Å². The van der Waals surface area contributed by atoms with E-state index in [0.29, 0.717) is 25.1 Å². The first-order valence-electron chi connectivity index (χ1n) is 8.87. The number of rotatable bonds is 6. The number of fused-ring (bicyclic) bond motifs is 1. The predicted molar refractivity (Wildman–Crippen MR) is 98.9 cm³/mol. The third kappa shape index (κ3) is 4.97. The molecule has 1 aliphatic heterocycles. The minimum atomic E-state index is -0.625. The minimum absolute atomic E-state index is 0.277. The highest BCUT2D eigenvalue weighted by molar-refractivity contribution is 5.84. The van der Waals surface area contributed by atoms with Gasteiger partial charge in [0.25, 0.3) is 5.91 Å². The van der Waals surface area contributed by atoms with Gasteiger partial charge in [0.15, 0.2) is 13.2 Å². The van der Waals surface area contributed by atoms with E-state index in [0.717, 1.165) is 10.8 Å². The second-order valence-electron chi connectivity index (χ2n) is 6.54. The van der Waals surface area contributed by atoms with E-state index in [1.807, 2.05) is 36.4 Å². The number of hydrogen-bond donors (Lipinski definition) is 1. The molecular formula is C20H22N2O5. The summed E-state index contributed by atoms with van der Waals surface area (Å²) in [5, 5.41) is 2.08. The van der Waals surface area contributed by atoms with Crippen molar-refractivity contribution in [3.63, 3.8) is 0 Å². The number of likely N-dealkylation sites (tertiary alicyclic amines) is 1. The van der Waals surface area contributed by atoms with Crippen molar-refractivity contribution in [3.8, 4) is 5.75 Å². The van der Waals surface area contributed by atoms with Gasteiger partial charge in [0.05, 0.1) is 5.92 Å². The van der Waals surface area contributed by atoms with Crippen molar-refractivity contribution in [3.05, 3.63) is 42.5 Å². The molecule has 0 bridgehead atoms. The molecule has 2 N–H and O–H groups in total. The lowest BCUT2D eigenvalue weighted by atomic mass is 9.97. The molecule has 7 heteroatoms. The normalized spacial score (nSPS) is 16.7. The summed E-state index contributed by atoms with van der Waals surface area (Å²) in [7, 11) is 0. The molecule has 1 atom stereocenters. The zero-order valence-corrected chi connectivity index (χ0v) is 14.9. The predicted octanol–water partition coefficient (Wildman–Crippen LogP) is 1.49. The van der Waals surface area contributed by atoms with Gasteiger partial charge in [0.1, 0.15) is 5.75 Å². The molecule has 1 saturated heterocycles. The largest absolute Gasteiger partial charge is 0.482 e. The van der Waals surface area contributed by atoms with Crippen LogP contribution >= 0.6 is 0 Å². The van der Waals surface area contributed by atoms with Crippen molar-refractivity contribution in [2.75, 3.05) is 26.3 Å². The fourth-order valence-electron chi connectivity index (χ4n) is 3.11. The number of benzene rings is 2. The first-order chi connectivity index (χ1) is 13.0. The van der Waals surface area contributed by atoms with Crippen molar-refractivity contribution in [2.45, 2.75) is 12.8 Å². The van der Waals surface area contributed by atoms with Crippen LogP contribution in [0, 0.1) is 5.92 Å². The van der Waals surface area contributed by atoms with Gasteiger partial charge in [-0.25, -0.2) is 4.79 Å². The van der Waals surface area contributed by atoms with Gasteiger partial charge < -0.3 is 20.1 Å². The maximum atomic E-state index is 12.1. The van der Waals surface area contributed by atoms with Crippen molar-refractivity contribution in [1.82, 2.24) is 4.90 Å². The van der Waals surface area contributed by atoms with Crippen LogP contribution in [0.3, 0.4) is 0 Å². The van der Waals surface area contributed by atoms with Gasteiger partial charge in [-0.3, -0.25) is 9.59 Å². The lowest BCUT2D eigenvalue weighted by molar-refractivity contribution is -0.154. The Morgan fingerprint density at radius 3 is 2.63 bits per heavy atom. The third-order valence-corrected chi connectivity index (χ3v) is 4.61. The summed E-state index contributed by atoms with van der Waals surface area (Å²) in [5.74, 6) is -1.15. The quantitative estimate of drug-likeness (QED) is 0.777. The molecule has 1 heterocycles. The SMILES string of the molecule is NC(=O)[C@@H]1CCCN(C(=O)COC(=O)COc2ccc3ccccc3c2)C1. The fraction of sp³-hybridized carbons (Fsp3) is 0.350. The van der Waals surface area contributed by atoms with Crippen LogP contribution in [-0.4, -0.2) is 49.0 Å². The van der Waals surface area contributed by atoms with Gasteiger partial charge in [-0.1, -0.05) is 30.3 Å².